The van der Waals surface area contributed by atoms with Gasteiger partial charge >= 0.3 is 0 Å². The fourth-order valence-electron chi connectivity index (χ4n) is 2.97. The summed E-state index contributed by atoms with van der Waals surface area (Å²) in [6, 6.07) is 9.81. The molecule has 1 aliphatic heterocycles. The van der Waals surface area contributed by atoms with E-state index in [2.05, 4.69) is 43.0 Å². The standard InChI is InChI=1S/C16H23NO/c1-12(2)17-11-5-7-15(17)14-6-3-4-8-16(14)18-13-9-10-13/h3-4,6,8,12-13,15H,5,7,9-11H2,1-2H3. The van der Waals surface area contributed by atoms with Crippen LogP contribution < -0.4 is 4.74 Å². The van der Waals surface area contributed by atoms with E-state index < -0.39 is 0 Å². The van der Waals surface area contributed by atoms with Gasteiger partial charge in [-0.25, -0.2) is 0 Å². The highest BCUT2D eigenvalue weighted by Gasteiger charge is 2.31. The second kappa shape index (κ2) is 4.93. The molecule has 1 atom stereocenters. The van der Waals surface area contributed by atoms with Gasteiger partial charge < -0.3 is 4.74 Å². The lowest BCUT2D eigenvalue weighted by Gasteiger charge is -2.29. The van der Waals surface area contributed by atoms with Crippen LogP contribution in [0.2, 0.25) is 0 Å². The molecule has 2 nitrogen and oxygen atoms in total. The third-order valence-corrected chi connectivity index (χ3v) is 4.05. The number of benzene rings is 1. The zero-order valence-corrected chi connectivity index (χ0v) is 11.4. The van der Waals surface area contributed by atoms with Crippen LogP contribution in [0.4, 0.5) is 0 Å². The molecule has 18 heavy (non-hydrogen) atoms. The molecule has 1 saturated heterocycles. The van der Waals surface area contributed by atoms with Crippen molar-refractivity contribution in [2.24, 2.45) is 0 Å². The van der Waals surface area contributed by atoms with Crippen LogP contribution in [0.3, 0.4) is 0 Å². The van der Waals surface area contributed by atoms with Gasteiger partial charge in [0.15, 0.2) is 0 Å². The number of rotatable bonds is 4. The lowest BCUT2D eigenvalue weighted by atomic mass is 10.0. The Balaban J connectivity index is 1.85. The molecule has 1 aromatic carbocycles. The molecular weight excluding hydrogens is 222 g/mol. The summed E-state index contributed by atoms with van der Waals surface area (Å²) in [5, 5.41) is 0. The van der Waals surface area contributed by atoms with Crippen LogP contribution >= 0.6 is 0 Å². The maximum atomic E-state index is 6.07. The third kappa shape index (κ3) is 2.39. The minimum atomic E-state index is 0.486. The van der Waals surface area contributed by atoms with E-state index in [9.17, 15) is 0 Å². The Morgan fingerprint density at radius 2 is 1.94 bits per heavy atom. The minimum absolute atomic E-state index is 0.486. The van der Waals surface area contributed by atoms with Crippen molar-refractivity contribution in [3.63, 3.8) is 0 Å². The van der Waals surface area contributed by atoms with E-state index in [0.717, 1.165) is 5.75 Å². The molecule has 1 aromatic rings. The number of hydrogen-bond acceptors (Lipinski definition) is 2. The van der Waals surface area contributed by atoms with Gasteiger partial charge in [-0.1, -0.05) is 18.2 Å². The lowest BCUT2D eigenvalue weighted by Crippen LogP contribution is -2.30. The quantitative estimate of drug-likeness (QED) is 0.800. The molecule has 0 amide bonds. The molecule has 1 unspecified atom stereocenters. The molecule has 0 spiro atoms. The highest BCUT2D eigenvalue weighted by Crippen LogP contribution is 2.39. The Morgan fingerprint density at radius 3 is 2.67 bits per heavy atom. The van der Waals surface area contributed by atoms with Gasteiger partial charge in [-0.15, -0.1) is 0 Å². The monoisotopic (exact) mass is 245 g/mol. The summed E-state index contributed by atoms with van der Waals surface area (Å²) >= 11 is 0. The Labute approximate surface area is 110 Å². The molecule has 0 radical (unpaired) electrons. The molecule has 0 N–H and O–H groups in total. The van der Waals surface area contributed by atoms with Crippen LogP contribution in [0.25, 0.3) is 0 Å². The lowest BCUT2D eigenvalue weighted by molar-refractivity contribution is 0.198. The molecule has 1 aliphatic carbocycles. The fraction of sp³-hybridized carbons (Fsp3) is 0.625. The van der Waals surface area contributed by atoms with E-state index in [-0.39, 0.29) is 0 Å². The highest BCUT2D eigenvalue weighted by atomic mass is 16.5. The van der Waals surface area contributed by atoms with Crippen molar-refractivity contribution in [1.29, 1.82) is 0 Å². The van der Waals surface area contributed by atoms with Crippen molar-refractivity contribution in [3.05, 3.63) is 29.8 Å². The minimum Gasteiger partial charge on any atom is -0.490 e. The Morgan fingerprint density at radius 1 is 1.17 bits per heavy atom. The van der Waals surface area contributed by atoms with Crippen molar-refractivity contribution in [1.82, 2.24) is 4.90 Å². The normalized spacial score (nSPS) is 24.7. The zero-order valence-electron chi connectivity index (χ0n) is 11.4. The van der Waals surface area contributed by atoms with Crippen molar-refractivity contribution >= 4 is 0 Å². The van der Waals surface area contributed by atoms with Gasteiger partial charge in [0.05, 0.1) is 6.10 Å². The van der Waals surface area contributed by atoms with Crippen LogP contribution in [0.15, 0.2) is 24.3 Å². The average molecular weight is 245 g/mol. The van der Waals surface area contributed by atoms with Gasteiger partial charge in [0, 0.05) is 17.6 Å². The topological polar surface area (TPSA) is 12.5 Å². The van der Waals surface area contributed by atoms with Crippen molar-refractivity contribution in [3.8, 4) is 5.75 Å². The van der Waals surface area contributed by atoms with E-state index >= 15 is 0 Å². The molecule has 0 bridgehead atoms. The first-order valence-corrected chi connectivity index (χ1v) is 7.27. The van der Waals surface area contributed by atoms with Crippen LogP contribution in [0.1, 0.15) is 51.1 Å². The van der Waals surface area contributed by atoms with Gasteiger partial charge in [0.1, 0.15) is 5.75 Å². The highest BCUT2D eigenvalue weighted by molar-refractivity contribution is 5.37. The second-order valence-electron chi connectivity index (χ2n) is 5.84. The SMILES string of the molecule is CC(C)N1CCCC1c1ccccc1OC1CC1. The smallest absolute Gasteiger partial charge is 0.124 e. The maximum absolute atomic E-state index is 6.07. The molecule has 2 fully saturated rings. The van der Waals surface area contributed by atoms with Gasteiger partial charge in [-0.05, 0) is 52.1 Å². The van der Waals surface area contributed by atoms with Crippen LogP contribution in [-0.4, -0.2) is 23.6 Å². The summed E-state index contributed by atoms with van der Waals surface area (Å²) in [4.78, 5) is 2.61. The Hall–Kier alpha value is -1.02. The van der Waals surface area contributed by atoms with Crippen molar-refractivity contribution in [2.45, 2.75) is 57.7 Å². The van der Waals surface area contributed by atoms with E-state index in [0.29, 0.717) is 18.2 Å². The molecule has 1 heterocycles. The molecule has 3 rings (SSSR count). The predicted octanol–water partition coefficient (Wildman–Crippen LogP) is 3.77. The molecule has 0 aromatic heterocycles. The number of ether oxygens (including phenoxy) is 1. The number of likely N-dealkylation sites (tertiary alicyclic amines) is 1. The van der Waals surface area contributed by atoms with E-state index in [1.165, 1.54) is 37.8 Å². The summed E-state index contributed by atoms with van der Waals surface area (Å²) in [6.45, 7) is 5.81. The average Bonchev–Trinajstić information content (AvgIpc) is 3.04. The van der Waals surface area contributed by atoms with Crippen molar-refractivity contribution < 1.29 is 4.74 Å². The van der Waals surface area contributed by atoms with Crippen molar-refractivity contribution in [2.75, 3.05) is 6.54 Å². The summed E-state index contributed by atoms with van der Waals surface area (Å²) in [5.41, 5.74) is 1.40. The van der Waals surface area contributed by atoms with Gasteiger partial charge in [-0.3, -0.25) is 4.90 Å². The van der Waals surface area contributed by atoms with Gasteiger partial charge in [0.2, 0.25) is 0 Å². The first-order chi connectivity index (χ1) is 8.75. The molecule has 98 valence electrons. The van der Waals surface area contributed by atoms with E-state index in [1.54, 1.807) is 0 Å². The first kappa shape index (κ1) is 12.0. The second-order valence-corrected chi connectivity index (χ2v) is 5.84. The molecular formula is C16H23NO. The number of para-hydroxylation sites is 1. The van der Waals surface area contributed by atoms with E-state index in [4.69, 9.17) is 4.74 Å². The first-order valence-electron chi connectivity index (χ1n) is 7.27. The molecule has 1 saturated carbocycles. The molecule has 2 aliphatic rings. The summed E-state index contributed by atoms with van der Waals surface area (Å²) < 4.78 is 6.07. The molecule has 2 heteroatoms. The summed E-state index contributed by atoms with van der Waals surface area (Å²) in [5.74, 6) is 1.12. The predicted molar refractivity (Wildman–Crippen MR) is 73.9 cm³/mol. The number of hydrogen-bond donors (Lipinski definition) is 0. The number of nitrogens with zero attached hydrogens (tertiary/aromatic N) is 1. The largest absolute Gasteiger partial charge is 0.490 e. The summed E-state index contributed by atoms with van der Waals surface area (Å²) in [7, 11) is 0. The Kier molecular flexibility index (Phi) is 3.29. The van der Waals surface area contributed by atoms with Gasteiger partial charge in [0.25, 0.3) is 0 Å². The van der Waals surface area contributed by atoms with Crippen LogP contribution in [0.5, 0.6) is 5.75 Å². The van der Waals surface area contributed by atoms with Crippen LogP contribution in [-0.2, 0) is 0 Å². The zero-order chi connectivity index (χ0) is 12.5. The summed E-state index contributed by atoms with van der Waals surface area (Å²) in [6.07, 6.45) is 5.52. The van der Waals surface area contributed by atoms with Gasteiger partial charge in [-0.2, -0.15) is 0 Å². The fourth-order valence-corrected chi connectivity index (χ4v) is 2.97. The third-order valence-electron chi connectivity index (χ3n) is 4.05. The van der Waals surface area contributed by atoms with E-state index in [1.807, 2.05) is 0 Å². The van der Waals surface area contributed by atoms with Crippen LogP contribution in [0, 0.1) is 0 Å². The maximum Gasteiger partial charge on any atom is 0.124 e. The Bertz CT molecular complexity index is 411.